The summed E-state index contributed by atoms with van der Waals surface area (Å²) in [7, 11) is 1.62. The minimum atomic E-state index is 0.148. The van der Waals surface area contributed by atoms with E-state index >= 15 is 0 Å². The van der Waals surface area contributed by atoms with Crippen LogP contribution in [0.3, 0.4) is 0 Å². The highest BCUT2D eigenvalue weighted by Gasteiger charge is 2.20. The molecule has 0 amide bonds. The third kappa shape index (κ3) is 5.37. The number of hydrogen-bond acceptors (Lipinski definition) is 10. The number of anilines is 2. The molecule has 0 spiro atoms. The summed E-state index contributed by atoms with van der Waals surface area (Å²) in [6, 6.07) is 12.0. The van der Waals surface area contributed by atoms with Gasteiger partial charge in [-0.25, -0.2) is 14.5 Å². The van der Waals surface area contributed by atoms with Gasteiger partial charge in [0.1, 0.15) is 17.5 Å². The van der Waals surface area contributed by atoms with Gasteiger partial charge in [0.15, 0.2) is 5.82 Å². The van der Waals surface area contributed by atoms with E-state index in [1.54, 1.807) is 37.0 Å². The Morgan fingerprint density at radius 3 is 2.56 bits per heavy atom. The molecular formula is C28H30N10O. The van der Waals surface area contributed by atoms with Gasteiger partial charge < -0.3 is 26.5 Å². The molecule has 11 heteroatoms. The average molecular weight is 523 g/mol. The normalized spacial score (nSPS) is 14.4. The zero-order valence-corrected chi connectivity index (χ0v) is 21.9. The summed E-state index contributed by atoms with van der Waals surface area (Å²) < 4.78 is 6.72. The molecule has 0 atom stereocenters. The highest BCUT2D eigenvalue weighted by atomic mass is 16.5. The van der Waals surface area contributed by atoms with Crippen LogP contribution in [-0.2, 0) is 6.54 Å². The molecule has 11 nitrogen and oxygen atoms in total. The third-order valence-electron chi connectivity index (χ3n) is 6.74. The van der Waals surface area contributed by atoms with E-state index in [1.807, 2.05) is 36.5 Å². The number of methoxy groups -OCH3 is 1. The molecule has 0 radical (unpaired) electrons. The molecule has 198 valence electrons. The van der Waals surface area contributed by atoms with Crippen molar-refractivity contribution in [2.45, 2.75) is 13.5 Å². The second-order valence-corrected chi connectivity index (χ2v) is 9.47. The zero-order chi connectivity index (χ0) is 27.5. The predicted molar refractivity (Wildman–Crippen MR) is 151 cm³/mol. The van der Waals surface area contributed by atoms with Crippen molar-refractivity contribution in [2.75, 3.05) is 43.9 Å². The molecule has 5 heterocycles. The van der Waals surface area contributed by atoms with Gasteiger partial charge in [0.2, 0.25) is 5.88 Å². The van der Waals surface area contributed by atoms with Crippen molar-refractivity contribution >= 4 is 28.6 Å². The van der Waals surface area contributed by atoms with Crippen LogP contribution < -0.4 is 21.1 Å². The fraction of sp³-hybridized carbons (Fsp3) is 0.250. The third-order valence-corrected chi connectivity index (χ3v) is 6.74. The maximum absolute atomic E-state index is 9.74. The Bertz CT molecular complexity index is 1570. The fourth-order valence-corrected chi connectivity index (χ4v) is 4.75. The summed E-state index contributed by atoms with van der Waals surface area (Å²) in [6.07, 6.45) is 6.96. The molecule has 1 aliphatic rings. The van der Waals surface area contributed by atoms with E-state index < -0.39 is 0 Å². The number of nitrogens with one attached hydrogen (secondary N) is 1. The molecule has 1 aliphatic heterocycles. The van der Waals surface area contributed by atoms with Gasteiger partial charge in [-0.3, -0.25) is 4.90 Å². The SMILES string of the molecule is COc1ccc(CN2CCN(c3ccc(-c4cc(/C(N)=C/C(C)=N)cn5nc(N)c(C#N)c45)cn3)CC2)cn1. The highest BCUT2D eigenvalue weighted by molar-refractivity contribution is 5.97. The van der Waals surface area contributed by atoms with E-state index in [-0.39, 0.29) is 5.82 Å². The molecule has 0 saturated carbocycles. The minimum Gasteiger partial charge on any atom is -0.481 e. The number of fused-ring (bicyclic) bond motifs is 1. The van der Waals surface area contributed by atoms with Gasteiger partial charge in [0, 0.05) is 85.5 Å². The molecule has 39 heavy (non-hydrogen) atoms. The van der Waals surface area contributed by atoms with Crippen molar-refractivity contribution < 1.29 is 4.74 Å². The van der Waals surface area contributed by atoms with Gasteiger partial charge in [-0.2, -0.15) is 5.26 Å². The first kappa shape index (κ1) is 25.7. The Hall–Kier alpha value is -4.95. The number of nitriles is 1. The molecule has 0 bridgehead atoms. The van der Waals surface area contributed by atoms with Crippen LogP contribution in [0, 0.1) is 16.7 Å². The molecule has 0 aliphatic carbocycles. The van der Waals surface area contributed by atoms with Crippen molar-refractivity contribution in [1.29, 1.82) is 10.7 Å². The number of hydrogen-bond donors (Lipinski definition) is 3. The smallest absolute Gasteiger partial charge is 0.212 e. The van der Waals surface area contributed by atoms with Gasteiger partial charge in [0.05, 0.1) is 12.6 Å². The van der Waals surface area contributed by atoms with Crippen molar-refractivity contribution in [2.24, 2.45) is 5.73 Å². The lowest BCUT2D eigenvalue weighted by molar-refractivity contribution is 0.249. The van der Waals surface area contributed by atoms with Gasteiger partial charge in [0.25, 0.3) is 0 Å². The second-order valence-electron chi connectivity index (χ2n) is 9.47. The Kier molecular flexibility index (Phi) is 7.12. The van der Waals surface area contributed by atoms with Gasteiger partial charge >= 0.3 is 0 Å². The van der Waals surface area contributed by atoms with Crippen molar-refractivity contribution in [3.05, 3.63) is 71.7 Å². The number of ether oxygens (including phenoxy) is 1. The summed E-state index contributed by atoms with van der Waals surface area (Å²) in [4.78, 5) is 13.7. The second kappa shape index (κ2) is 10.8. The summed E-state index contributed by atoms with van der Waals surface area (Å²) in [5, 5.41) is 21.8. The highest BCUT2D eigenvalue weighted by Crippen LogP contribution is 2.32. The molecule has 4 aromatic heterocycles. The summed E-state index contributed by atoms with van der Waals surface area (Å²) >= 11 is 0. The Morgan fingerprint density at radius 2 is 1.95 bits per heavy atom. The minimum absolute atomic E-state index is 0.148. The van der Waals surface area contributed by atoms with Crippen molar-refractivity contribution in [3.8, 4) is 23.1 Å². The van der Waals surface area contributed by atoms with Crippen LogP contribution in [0.4, 0.5) is 11.6 Å². The molecule has 5 N–H and O–H groups in total. The number of allylic oxidation sites excluding steroid dienone is 1. The fourth-order valence-electron chi connectivity index (χ4n) is 4.75. The standard InChI is InChI=1S/C28H30N10O/c1-18(30)11-24(31)21-12-22(27-23(13-29)28(32)35-38(27)17-21)20-4-5-25(33-15-20)37-9-7-36(8-10-37)16-19-3-6-26(39-2)34-14-19/h3-6,11-12,14-15,17,30H,7-10,16,31H2,1-2H3,(H2,32,35)/b24-11-,30-18?. The van der Waals surface area contributed by atoms with Crippen LogP contribution >= 0.6 is 0 Å². The van der Waals surface area contributed by atoms with Crippen LogP contribution in [0.2, 0.25) is 0 Å². The lowest BCUT2D eigenvalue weighted by Gasteiger charge is -2.35. The maximum Gasteiger partial charge on any atom is 0.212 e. The molecule has 1 fully saturated rings. The summed E-state index contributed by atoms with van der Waals surface area (Å²) in [5.41, 5.74) is 17.3. The first-order valence-corrected chi connectivity index (χ1v) is 12.5. The van der Waals surface area contributed by atoms with E-state index in [2.05, 4.69) is 26.0 Å². The van der Waals surface area contributed by atoms with E-state index in [0.29, 0.717) is 33.9 Å². The van der Waals surface area contributed by atoms with Crippen molar-refractivity contribution in [1.82, 2.24) is 24.5 Å². The topological polar surface area (TPSA) is 158 Å². The summed E-state index contributed by atoms with van der Waals surface area (Å²) in [6.45, 7) is 6.04. The monoisotopic (exact) mass is 522 g/mol. The van der Waals surface area contributed by atoms with Crippen LogP contribution in [-0.4, -0.2) is 63.5 Å². The van der Waals surface area contributed by atoms with Crippen LogP contribution in [0.5, 0.6) is 5.88 Å². The zero-order valence-electron chi connectivity index (χ0n) is 21.9. The number of nitrogen functional groups attached to an aromatic ring is 1. The van der Waals surface area contributed by atoms with Gasteiger partial charge in [-0.1, -0.05) is 6.07 Å². The number of pyridine rings is 3. The lowest BCUT2D eigenvalue weighted by atomic mass is 10.0. The Balaban J connectivity index is 1.36. The maximum atomic E-state index is 9.74. The predicted octanol–water partition coefficient (Wildman–Crippen LogP) is 2.92. The number of piperazine rings is 1. The Labute approximate surface area is 226 Å². The Morgan fingerprint density at radius 1 is 1.15 bits per heavy atom. The number of aromatic nitrogens is 4. The quantitative estimate of drug-likeness (QED) is 0.310. The van der Waals surface area contributed by atoms with E-state index in [4.69, 9.17) is 26.6 Å². The molecule has 0 aromatic carbocycles. The molecule has 1 saturated heterocycles. The number of rotatable bonds is 7. The molecule has 0 unspecified atom stereocenters. The van der Waals surface area contributed by atoms with Gasteiger partial charge in [-0.05, 0) is 36.8 Å². The molecular weight excluding hydrogens is 492 g/mol. The lowest BCUT2D eigenvalue weighted by Crippen LogP contribution is -2.46. The van der Waals surface area contributed by atoms with E-state index in [0.717, 1.165) is 55.2 Å². The number of nitrogens with two attached hydrogens (primary N) is 2. The summed E-state index contributed by atoms with van der Waals surface area (Å²) in [5.74, 6) is 1.66. The van der Waals surface area contributed by atoms with Gasteiger partial charge in [-0.15, -0.1) is 5.10 Å². The largest absolute Gasteiger partial charge is 0.481 e. The molecule has 5 rings (SSSR count). The van der Waals surface area contributed by atoms with Crippen LogP contribution in [0.1, 0.15) is 23.6 Å². The van der Waals surface area contributed by atoms with Crippen LogP contribution in [0.15, 0.2) is 55.0 Å². The average Bonchev–Trinajstić information content (AvgIpc) is 3.28. The molecule has 4 aromatic rings. The number of nitrogens with zero attached hydrogens (tertiary/aromatic N) is 7. The van der Waals surface area contributed by atoms with E-state index in [9.17, 15) is 5.26 Å². The van der Waals surface area contributed by atoms with Crippen LogP contribution in [0.25, 0.3) is 22.3 Å². The first-order chi connectivity index (χ1) is 18.9. The first-order valence-electron chi connectivity index (χ1n) is 12.5. The van der Waals surface area contributed by atoms with Crippen molar-refractivity contribution in [3.63, 3.8) is 0 Å². The van der Waals surface area contributed by atoms with E-state index in [1.165, 1.54) is 0 Å².